The number of Topliss-reactive ketones (excluding diaryl/α,β-unsaturated/α-hetero) is 1. The van der Waals surface area contributed by atoms with Crippen LogP contribution in [0.15, 0.2) is 30.3 Å². The molecular formula is C13H17O3S+. The summed E-state index contributed by atoms with van der Waals surface area (Å²) in [5, 5.41) is 0. The molecule has 0 aliphatic heterocycles. The average Bonchev–Trinajstić information content (AvgIpc) is 2.35. The van der Waals surface area contributed by atoms with E-state index in [-0.39, 0.29) is 16.7 Å². The quantitative estimate of drug-likeness (QED) is 0.422. The first-order valence-electron chi connectivity index (χ1n) is 5.36. The maximum Gasteiger partial charge on any atom is 0.274 e. The molecule has 0 N–H and O–H groups in total. The van der Waals surface area contributed by atoms with Gasteiger partial charge in [0.2, 0.25) is 0 Å². The molecule has 17 heavy (non-hydrogen) atoms. The molecule has 0 bridgehead atoms. The minimum Gasteiger partial charge on any atom is -0.327 e. The van der Waals surface area contributed by atoms with Crippen LogP contribution in [-0.4, -0.2) is 36.6 Å². The first kappa shape index (κ1) is 13.9. The summed E-state index contributed by atoms with van der Waals surface area (Å²) in [5.41, 5.74) is 0.296. The Hall–Kier alpha value is -1.13. The number of ether oxygens (including phenoxy) is 1. The van der Waals surface area contributed by atoms with E-state index in [1.165, 1.54) is 0 Å². The highest BCUT2D eigenvalue weighted by Crippen LogP contribution is 2.05. The average molecular weight is 253 g/mol. The molecule has 92 valence electrons. The summed E-state index contributed by atoms with van der Waals surface area (Å²) in [6.07, 6.45) is 5.00. The van der Waals surface area contributed by atoms with E-state index in [1.54, 1.807) is 12.1 Å². The fourth-order valence-electron chi connectivity index (χ4n) is 1.32. The van der Waals surface area contributed by atoms with Crippen molar-refractivity contribution in [1.29, 1.82) is 0 Å². The predicted molar refractivity (Wildman–Crippen MR) is 70.4 cm³/mol. The largest absolute Gasteiger partial charge is 0.327 e. The van der Waals surface area contributed by atoms with E-state index < -0.39 is 5.44 Å². The molecule has 1 unspecified atom stereocenters. The number of hydrogen-bond donors (Lipinski definition) is 0. The standard InChI is InChI=1S/C13H17O3S/c1-17(2)13(10-14)16-9-8-12(15)11-6-4-3-5-7-11/h3-7,10,13H,8-9H2,1-2H3/q+1. The Labute approximate surface area is 105 Å². The van der Waals surface area contributed by atoms with Gasteiger partial charge in [-0.3, -0.25) is 9.59 Å². The van der Waals surface area contributed by atoms with Gasteiger partial charge in [0.15, 0.2) is 12.1 Å². The molecule has 0 radical (unpaired) electrons. The maximum atomic E-state index is 11.7. The lowest BCUT2D eigenvalue weighted by atomic mass is 10.1. The summed E-state index contributed by atoms with van der Waals surface area (Å²) in [5.74, 6) is 0.0438. The lowest BCUT2D eigenvalue weighted by molar-refractivity contribution is -0.113. The lowest BCUT2D eigenvalue weighted by Gasteiger charge is -2.08. The minimum absolute atomic E-state index is 0.0438. The number of carbonyl (C=O) groups excluding carboxylic acids is 2. The van der Waals surface area contributed by atoms with Gasteiger partial charge in [0, 0.05) is 22.9 Å². The van der Waals surface area contributed by atoms with Gasteiger partial charge in [0.25, 0.3) is 5.44 Å². The van der Waals surface area contributed by atoms with E-state index in [0.717, 1.165) is 6.29 Å². The van der Waals surface area contributed by atoms with Crippen LogP contribution in [0, 0.1) is 0 Å². The lowest BCUT2D eigenvalue weighted by Crippen LogP contribution is -2.25. The van der Waals surface area contributed by atoms with Crippen molar-refractivity contribution in [2.24, 2.45) is 0 Å². The van der Waals surface area contributed by atoms with Crippen LogP contribution in [0.3, 0.4) is 0 Å². The van der Waals surface area contributed by atoms with Crippen molar-refractivity contribution in [2.45, 2.75) is 11.9 Å². The summed E-state index contributed by atoms with van der Waals surface area (Å²) in [6, 6.07) is 9.10. The van der Waals surface area contributed by atoms with Crippen molar-refractivity contribution in [3.8, 4) is 0 Å². The normalized spacial score (nSPS) is 12.4. The summed E-state index contributed by atoms with van der Waals surface area (Å²) >= 11 is 0. The van der Waals surface area contributed by atoms with Crippen molar-refractivity contribution >= 4 is 23.0 Å². The number of carbonyl (C=O) groups is 2. The van der Waals surface area contributed by atoms with Crippen molar-refractivity contribution in [3.63, 3.8) is 0 Å². The molecule has 0 fully saturated rings. The SMILES string of the molecule is C[S+](C)C(C=O)OCCC(=O)c1ccccc1. The van der Waals surface area contributed by atoms with Crippen molar-refractivity contribution in [3.05, 3.63) is 35.9 Å². The molecule has 0 heterocycles. The maximum absolute atomic E-state index is 11.7. The van der Waals surface area contributed by atoms with Crippen LogP contribution in [0.1, 0.15) is 16.8 Å². The van der Waals surface area contributed by atoms with Crippen LogP contribution < -0.4 is 0 Å². The van der Waals surface area contributed by atoms with Crippen LogP contribution in [0.5, 0.6) is 0 Å². The number of rotatable bonds is 7. The Balaban J connectivity index is 2.37. The zero-order valence-electron chi connectivity index (χ0n) is 10.1. The number of benzene rings is 1. The molecule has 0 spiro atoms. The van der Waals surface area contributed by atoms with E-state index in [4.69, 9.17) is 4.74 Å². The van der Waals surface area contributed by atoms with Gasteiger partial charge in [-0.05, 0) is 0 Å². The highest BCUT2D eigenvalue weighted by atomic mass is 32.2. The summed E-state index contributed by atoms with van der Waals surface area (Å²) in [7, 11) is -0.114. The van der Waals surface area contributed by atoms with Gasteiger partial charge in [-0.25, -0.2) is 0 Å². The molecule has 0 aromatic heterocycles. The Kier molecular flexibility index (Phi) is 5.94. The minimum atomic E-state index is -0.390. The molecule has 1 aromatic rings. The summed E-state index contributed by atoms with van der Waals surface area (Å²) in [4.78, 5) is 22.4. The second kappa shape index (κ2) is 7.25. The predicted octanol–water partition coefficient (Wildman–Crippen LogP) is 1.68. The Morgan fingerprint density at radius 1 is 1.35 bits per heavy atom. The second-order valence-electron chi connectivity index (χ2n) is 3.79. The van der Waals surface area contributed by atoms with Gasteiger partial charge < -0.3 is 4.74 Å². The molecule has 1 atom stereocenters. The fourth-order valence-corrected chi connectivity index (χ4v) is 1.91. The summed E-state index contributed by atoms with van der Waals surface area (Å²) in [6.45, 7) is 0.294. The van der Waals surface area contributed by atoms with Crippen molar-refractivity contribution in [1.82, 2.24) is 0 Å². The van der Waals surface area contributed by atoms with E-state index in [1.807, 2.05) is 30.7 Å². The molecule has 1 aromatic carbocycles. The van der Waals surface area contributed by atoms with Crippen LogP contribution >= 0.6 is 0 Å². The third-order valence-electron chi connectivity index (χ3n) is 2.28. The van der Waals surface area contributed by atoms with Gasteiger partial charge in [0.05, 0.1) is 6.61 Å². The highest BCUT2D eigenvalue weighted by Gasteiger charge is 2.21. The molecular weight excluding hydrogens is 236 g/mol. The molecule has 0 saturated heterocycles. The first-order chi connectivity index (χ1) is 8.15. The molecule has 0 amide bonds. The molecule has 4 heteroatoms. The molecule has 1 rings (SSSR count). The summed E-state index contributed by atoms with van der Waals surface area (Å²) < 4.78 is 5.37. The van der Waals surface area contributed by atoms with Gasteiger partial charge in [0.1, 0.15) is 12.5 Å². The Morgan fingerprint density at radius 2 is 2.00 bits per heavy atom. The third-order valence-corrected chi connectivity index (χ3v) is 3.46. The number of aldehydes is 1. The molecule has 3 nitrogen and oxygen atoms in total. The smallest absolute Gasteiger partial charge is 0.274 e. The third kappa shape index (κ3) is 4.71. The van der Waals surface area contributed by atoms with Crippen molar-refractivity contribution in [2.75, 3.05) is 19.1 Å². The van der Waals surface area contributed by atoms with Crippen LogP contribution in [0.4, 0.5) is 0 Å². The van der Waals surface area contributed by atoms with E-state index in [2.05, 4.69) is 0 Å². The Bertz CT molecular complexity index is 362. The van der Waals surface area contributed by atoms with Crippen molar-refractivity contribution < 1.29 is 14.3 Å². The van der Waals surface area contributed by atoms with E-state index in [0.29, 0.717) is 18.6 Å². The van der Waals surface area contributed by atoms with E-state index in [9.17, 15) is 9.59 Å². The number of ketones is 1. The monoisotopic (exact) mass is 253 g/mol. The van der Waals surface area contributed by atoms with Crippen LogP contribution in [0.25, 0.3) is 0 Å². The highest BCUT2D eigenvalue weighted by molar-refractivity contribution is 7.96. The topological polar surface area (TPSA) is 43.4 Å². The van der Waals surface area contributed by atoms with Crippen LogP contribution in [-0.2, 0) is 20.4 Å². The van der Waals surface area contributed by atoms with Gasteiger partial charge in [-0.2, -0.15) is 0 Å². The van der Waals surface area contributed by atoms with Gasteiger partial charge in [-0.15, -0.1) is 0 Å². The number of hydrogen-bond acceptors (Lipinski definition) is 3. The van der Waals surface area contributed by atoms with Gasteiger partial charge in [-0.1, -0.05) is 30.3 Å². The fraction of sp³-hybridized carbons (Fsp3) is 0.385. The zero-order chi connectivity index (χ0) is 12.7. The van der Waals surface area contributed by atoms with Gasteiger partial charge >= 0.3 is 0 Å². The Morgan fingerprint density at radius 3 is 2.53 bits per heavy atom. The second-order valence-corrected chi connectivity index (χ2v) is 6.02. The molecule has 0 aliphatic carbocycles. The molecule has 0 aliphatic rings. The first-order valence-corrected chi connectivity index (χ1v) is 7.47. The van der Waals surface area contributed by atoms with E-state index >= 15 is 0 Å². The zero-order valence-corrected chi connectivity index (χ0v) is 10.9. The molecule has 0 saturated carbocycles. The van der Waals surface area contributed by atoms with Crippen LogP contribution in [0.2, 0.25) is 0 Å².